The number of amides is 1. The van der Waals surface area contributed by atoms with E-state index in [-0.39, 0.29) is 5.91 Å². The standard InChI is InChI=1S/C16H18N2O/c1-3-17-15-7-5-4-6-14(15)16(19)18-13-10-8-12(2)9-11-13/h4-11,17H,3H2,1-2H3,(H,18,19). The molecule has 0 bridgehead atoms. The fraction of sp³-hybridized carbons (Fsp3) is 0.188. The van der Waals surface area contributed by atoms with Crippen LogP contribution in [0.4, 0.5) is 11.4 Å². The normalized spacial score (nSPS) is 10.0. The predicted molar refractivity (Wildman–Crippen MR) is 79.7 cm³/mol. The average Bonchev–Trinajstić information content (AvgIpc) is 2.42. The van der Waals surface area contributed by atoms with Crippen molar-refractivity contribution >= 4 is 17.3 Å². The highest BCUT2D eigenvalue weighted by Gasteiger charge is 2.10. The van der Waals surface area contributed by atoms with Gasteiger partial charge in [-0.05, 0) is 38.1 Å². The van der Waals surface area contributed by atoms with Crippen LogP contribution in [-0.2, 0) is 0 Å². The summed E-state index contributed by atoms with van der Waals surface area (Å²) in [5.74, 6) is -0.0968. The number of carbonyl (C=O) groups is 1. The van der Waals surface area contributed by atoms with E-state index < -0.39 is 0 Å². The summed E-state index contributed by atoms with van der Waals surface area (Å²) in [6, 6.07) is 15.3. The third-order valence-corrected chi connectivity index (χ3v) is 2.85. The molecule has 0 aromatic heterocycles. The first-order valence-corrected chi connectivity index (χ1v) is 6.41. The quantitative estimate of drug-likeness (QED) is 0.873. The van der Waals surface area contributed by atoms with Crippen LogP contribution in [-0.4, -0.2) is 12.5 Å². The summed E-state index contributed by atoms with van der Waals surface area (Å²) in [5.41, 5.74) is 3.49. The maximum Gasteiger partial charge on any atom is 0.257 e. The minimum atomic E-state index is -0.0968. The third-order valence-electron chi connectivity index (χ3n) is 2.85. The lowest BCUT2D eigenvalue weighted by atomic mass is 10.1. The van der Waals surface area contributed by atoms with Crippen LogP contribution >= 0.6 is 0 Å². The third kappa shape index (κ3) is 3.35. The molecule has 0 fully saturated rings. The van der Waals surface area contributed by atoms with E-state index in [0.29, 0.717) is 5.56 Å². The van der Waals surface area contributed by atoms with Gasteiger partial charge in [-0.15, -0.1) is 0 Å². The van der Waals surface area contributed by atoms with Gasteiger partial charge >= 0.3 is 0 Å². The van der Waals surface area contributed by atoms with Crippen LogP contribution in [0, 0.1) is 6.92 Å². The monoisotopic (exact) mass is 254 g/mol. The second kappa shape index (κ2) is 6.05. The molecule has 98 valence electrons. The van der Waals surface area contributed by atoms with Gasteiger partial charge in [-0.3, -0.25) is 4.79 Å². The van der Waals surface area contributed by atoms with Gasteiger partial charge in [-0.2, -0.15) is 0 Å². The summed E-state index contributed by atoms with van der Waals surface area (Å²) in [5, 5.41) is 6.10. The first-order valence-electron chi connectivity index (χ1n) is 6.41. The fourth-order valence-corrected chi connectivity index (χ4v) is 1.86. The smallest absolute Gasteiger partial charge is 0.257 e. The van der Waals surface area contributed by atoms with Crippen LogP contribution in [0.15, 0.2) is 48.5 Å². The molecule has 3 heteroatoms. The summed E-state index contributed by atoms with van der Waals surface area (Å²) < 4.78 is 0. The van der Waals surface area contributed by atoms with E-state index in [1.54, 1.807) is 0 Å². The lowest BCUT2D eigenvalue weighted by molar-refractivity contribution is 0.102. The van der Waals surface area contributed by atoms with Crippen molar-refractivity contribution in [1.82, 2.24) is 0 Å². The molecule has 0 atom stereocenters. The molecule has 0 spiro atoms. The van der Waals surface area contributed by atoms with Crippen LogP contribution in [0.1, 0.15) is 22.8 Å². The lowest BCUT2D eigenvalue weighted by Gasteiger charge is -2.11. The van der Waals surface area contributed by atoms with E-state index in [1.165, 1.54) is 5.56 Å². The van der Waals surface area contributed by atoms with Crippen molar-refractivity contribution in [2.45, 2.75) is 13.8 Å². The SMILES string of the molecule is CCNc1ccccc1C(=O)Nc1ccc(C)cc1. The fourth-order valence-electron chi connectivity index (χ4n) is 1.86. The van der Waals surface area contributed by atoms with Gasteiger partial charge in [0.05, 0.1) is 5.56 Å². The van der Waals surface area contributed by atoms with Gasteiger partial charge in [0.1, 0.15) is 0 Å². The first-order chi connectivity index (χ1) is 9.20. The van der Waals surface area contributed by atoms with Gasteiger partial charge < -0.3 is 10.6 Å². The zero-order valence-electron chi connectivity index (χ0n) is 11.2. The van der Waals surface area contributed by atoms with E-state index in [9.17, 15) is 4.79 Å². The number of nitrogens with one attached hydrogen (secondary N) is 2. The summed E-state index contributed by atoms with van der Waals surface area (Å²) in [6.45, 7) is 4.82. The van der Waals surface area contributed by atoms with Crippen molar-refractivity contribution < 1.29 is 4.79 Å². The molecular weight excluding hydrogens is 236 g/mol. The van der Waals surface area contributed by atoms with Crippen molar-refractivity contribution in [3.05, 3.63) is 59.7 Å². The summed E-state index contributed by atoms with van der Waals surface area (Å²) in [7, 11) is 0. The van der Waals surface area contributed by atoms with E-state index in [1.807, 2.05) is 62.4 Å². The molecule has 19 heavy (non-hydrogen) atoms. The largest absolute Gasteiger partial charge is 0.385 e. The molecule has 0 unspecified atom stereocenters. The number of carbonyl (C=O) groups excluding carboxylic acids is 1. The van der Waals surface area contributed by atoms with Crippen molar-refractivity contribution in [3.63, 3.8) is 0 Å². The van der Waals surface area contributed by atoms with Gasteiger partial charge in [0, 0.05) is 17.9 Å². The Balaban J connectivity index is 2.18. The molecule has 2 aromatic rings. The van der Waals surface area contributed by atoms with Crippen LogP contribution in [0.3, 0.4) is 0 Å². The maximum absolute atomic E-state index is 12.2. The Morgan fingerprint density at radius 1 is 1.05 bits per heavy atom. The van der Waals surface area contributed by atoms with Crippen molar-refractivity contribution in [2.24, 2.45) is 0 Å². The molecule has 0 aliphatic rings. The zero-order chi connectivity index (χ0) is 13.7. The molecule has 0 saturated carbocycles. The van der Waals surface area contributed by atoms with Crippen molar-refractivity contribution in [3.8, 4) is 0 Å². The molecule has 0 aliphatic heterocycles. The van der Waals surface area contributed by atoms with E-state index in [2.05, 4.69) is 10.6 Å². The molecule has 0 saturated heterocycles. The number of hydrogen-bond acceptors (Lipinski definition) is 2. The first kappa shape index (κ1) is 13.1. The highest BCUT2D eigenvalue weighted by molar-refractivity contribution is 6.08. The molecular formula is C16H18N2O. The van der Waals surface area contributed by atoms with Crippen LogP contribution in [0.25, 0.3) is 0 Å². The Labute approximate surface area is 113 Å². The highest BCUT2D eigenvalue weighted by atomic mass is 16.1. The minimum Gasteiger partial charge on any atom is -0.385 e. The number of hydrogen-bond donors (Lipinski definition) is 2. The maximum atomic E-state index is 12.2. The Morgan fingerprint density at radius 3 is 2.42 bits per heavy atom. The Hall–Kier alpha value is -2.29. The minimum absolute atomic E-state index is 0.0968. The molecule has 3 nitrogen and oxygen atoms in total. The second-order valence-corrected chi connectivity index (χ2v) is 4.40. The van der Waals surface area contributed by atoms with E-state index in [0.717, 1.165) is 17.9 Å². The van der Waals surface area contributed by atoms with Crippen molar-refractivity contribution in [2.75, 3.05) is 17.2 Å². The van der Waals surface area contributed by atoms with Crippen LogP contribution < -0.4 is 10.6 Å². The Morgan fingerprint density at radius 2 is 1.74 bits per heavy atom. The molecule has 2 N–H and O–H groups in total. The highest BCUT2D eigenvalue weighted by Crippen LogP contribution is 2.17. The van der Waals surface area contributed by atoms with Gasteiger partial charge in [0.25, 0.3) is 5.91 Å². The summed E-state index contributed by atoms with van der Waals surface area (Å²) in [6.07, 6.45) is 0. The second-order valence-electron chi connectivity index (χ2n) is 4.40. The predicted octanol–water partition coefficient (Wildman–Crippen LogP) is 3.68. The topological polar surface area (TPSA) is 41.1 Å². The van der Waals surface area contributed by atoms with Gasteiger partial charge in [-0.1, -0.05) is 29.8 Å². The Kier molecular flexibility index (Phi) is 4.18. The average molecular weight is 254 g/mol. The van der Waals surface area contributed by atoms with Crippen molar-refractivity contribution in [1.29, 1.82) is 0 Å². The number of para-hydroxylation sites is 1. The number of anilines is 2. The number of benzene rings is 2. The number of aryl methyl sites for hydroxylation is 1. The summed E-state index contributed by atoms with van der Waals surface area (Å²) >= 11 is 0. The molecule has 0 radical (unpaired) electrons. The Bertz CT molecular complexity index is 561. The van der Waals surface area contributed by atoms with Crippen LogP contribution in [0.5, 0.6) is 0 Å². The summed E-state index contributed by atoms with van der Waals surface area (Å²) in [4.78, 5) is 12.2. The lowest BCUT2D eigenvalue weighted by Crippen LogP contribution is -2.14. The van der Waals surface area contributed by atoms with Crippen LogP contribution in [0.2, 0.25) is 0 Å². The molecule has 1 amide bonds. The molecule has 2 aromatic carbocycles. The van der Waals surface area contributed by atoms with Gasteiger partial charge in [0.2, 0.25) is 0 Å². The van der Waals surface area contributed by atoms with E-state index >= 15 is 0 Å². The molecule has 0 aliphatic carbocycles. The van der Waals surface area contributed by atoms with E-state index in [4.69, 9.17) is 0 Å². The zero-order valence-corrected chi connectivity index (χ0v) is 11.2. The molecule has 0 heterocycles. The molecule has 2 rings (SSSR count). The van der Waals surface area contributed by atoms with Gasteiger partial charge in [0.15, 0.2) is 0 Å². The number of rotatable bonds is 4. The van der Waals surface area contributed by atoms with Gasteiger partial charge in [-0.25, -0.2) is 0 Å².